The Morgan fingerprint density at radius 3 is 2.38 bits per heavy atom. The molecule has 5 heteroatoms. The van der Waals surface area contributed by atoms with Crippen LogP contribution < -0.4 is 5.32 Å². The molecule has 0 spiro atoms. The molecule has 0 aliphatic carbocycles. The van der Waals surface area contributed by atoms with Crippen LogP contribution in [0.3, 0.4) is 0 Å². The van der Waals surface area contributed by atoms with Gasteiger partial charge in [-0.2, -0.15) is 11.8 Å². The van der Waals surface area contributed by atoms with E-state index in [-0.39, 0.29) is 0 Å². The van der Waals surface area contributed by atoms with Crippen LogP contribution in [0.25, 0.3) is 0 Å². The van der Waals surface area contributed by atoms with Crippen LogP contribution in [0.1, 0.15) is 34.6 Å². The fraction of sp³-hybridized carbons (Fsp3) is 0.818. The quantitative estimate of drug-likeness (QED) is 0.757. The number of nitrogens with one attached hydrogen (secondary N) is 1. The standard InChI is InChI=1S/C11H21NO3S/c1-8(2)16-7-9(6-13)12-10(14)15-11(3,4)5/h6,8-9H,7H2,1-5H3,(H,12,14). The molecule has 0 saturated heterocycles. The molecular formula is C11H21NO3S. The maximum atomic E-state index is 11.4. The molecule has 0 aromatic rings. The van der Waals surface area contributed by atoms with Gasteiger partial charge in [-0.15, -0.1) is 0 Å². The largest absolute Gasteiger partial charge is 0.444 e. The number of carbonyl (C=O) groups excluding carboxylic acids is 2. The second kappa shape index (κ2) is 6.78. The molecule has 0 heterocycles. The molecule has 4 nitrogen and oxygen atoms in total. The highest BCUT2D eigenvalue weighted by Gasteiger charge is 2.19. The van der Waals surface area contributed by atoms with Gasteiger partial charge in [0.15, 0.2) is 0 Å². The van der Waals surface area contributed by atoms with Gasteiger partial charge in [0.25, 0.3) is 0 Å². The summed E-state index contributed by atoms with van der Waals surface area (Å²) in [6.07, 6.45) is 0.188. The molecule has 0 aliphatic rings. The lowest BCUT2D eigenvalue weighted by Gasteiger charge is -2.21. The molecule has 0 rings (SSSR count). The predicted octanol–water partition coefficient (Wildman–Crippen LogP) is 2.22. The predicted molar refractivity (Wildman–Crippen MR) is 66.8 cm³/mol. The van der Waals surface area contributed by atoms with Gasteiger partial charge in [0.2, 0.25) is 0 Å². The molecule has 0 bridgehead atoms. The zero-order valence-electron chi connectivity index (χ0n) is 10.6. The molecule has 1 atom stereocenters. The Morgan fingerprint density at radius 2 is 2.00 bits per heavy atom. The first-order valence-corrected chi connectivity index (χ1v) is 6.36. The van der Waals surface area contributed by atoms with E-state index in [2.05, 4.69) is 5.32 Å². The summed E-state index contributed by atoms with van der Waals surface area (Å²) in [4.78, 5) is 22.1. The molecule has 0 saturated carbocycles. The van der Waals surface area contributed by atoms with Crippen LogP contribution in [0.2, 0.25) is 0 Å². The van der Waals surface area contributed by atoms with E-state index in [1.165, 1.54) is 0 Å². The Labute approximate surface area is 101 Å². The van der Waals surface area contributed by atoms with Crippen LogP contribution in [0.5, 0.6) is 0 Å². The summed E-state index contributed by atoms with van der Waals surface area (Å²) in [5.41, 5.74) is -0.539. The monoisotopic (exact) mass is 247 g/mol. The summed E-state index contributed by atoms with van der Waals surface area (Å²) in [5, 5.41) is 2.96. The number of hydrogen-bond donors (Lipinski definition) is 1. The number of alkyl carbamates (subject to hydrolysis) is 1. The molecule has 1 amide bonds. The van der Waals surface area contributed by atoms with Crippen LogP contribution in [-0.4, -0.2) is 35.0 Å². The molecule has 0 aliphatic heterocycles. The Morgan fingerprint density at radius 1 is 1.44 bits per heavy atom. The molecule has 0 aromatic heterocycles. The van der Waals surface area contributed by atoms with E-state index in [0.29, 0.717) is 11.0 Å². The van der Waals surface area contributed by atoms with E-state index < -0.39 is 17.7 Å². The van der Waals surface area contributed by atoms with Gasteiger partial charge in [-0.05, 0) is 26.0 Å². The zero-order valence-corrected chi connectivity index (χ0v) is 11.4. The van der Waals surface area contributed by atoms with E-state index in [4.69, 9.17) is 4.74 Å². The Hall–Kier alpha value is -0.710. The van der Waals surface area contributed by atoms with Gasteiger partial charge in [0, 0.05) is 5.75 Å². The van der Waals surface area contributed by atoms with Crippen LogP contribution in [0.15, 0.2) is 0 Å². The second-order valence-electron chi connectivity index (χ2n) is 4.77. The highest BCUT2D eigenvalue weighted by molar-refractivity contribution is 7.99. The molecule has 94 valence electrons. The number of carbonyl (C=O) groups is 2. The molecule has 0 radical (unpaired) electrons. The van der Waals surface area contributed by atoms with Gasteiger partial charge in [-0.25, -0.2) is 4.79 Å². The highest BCUT2D eigenvalue weighted by atomic mass is 32.2. The van der Waals surface area contributed by atoms with Crippen LogP contribution >= 0.6 is 11.8 Å². The fourth-order valence-corrected chi connectivity index (χ4v) is 1.62. The summed E-state index contributed by atoms with van der Waals surface area (Å²) < 4.78 is 5.06. The van der Waals surface area contributed by atoms with Crippen LogP contribution in [-0.2, 0) is 9.53 Å². The number of ether oxygens (including phenoxy) is 1. The number of rotatable bonds is 5. The van der Waals surface area contributed by atoms with Crippen molar-refractivity contribution < 1.29 is 14.3 Å². The van der Waals surface area contributed by atoms with Gasteiger partial charge in [0.05, 0.1) is 6.04 Å². The first kappa shape index (κ1) is 15.3. The molecular weight excluding hydrogens is 226 g/mol. The van der Waals surface area contributed by atoms with Gasteiger partial charge < -0.3 is 14.8 Å². The third kappa shape index (κ3) is 8.59. The summed E-state index contributed by atoms with van der Waals surface area (Å²) >= 11 is 1.62. The Bertz CT molecular complexity index is 236. The van der Waals surface area contributed by atoms with E-state index >= 15 is 0 Å². The minimum atomic E-state index is -0.547. The van der Waals surface area contributed by atoms with E-state index in [1.807, 2.05) is 13.8 Å². The van der Waals surface area contributed by atoms with Crippen molar-refractivity contribution in [2.45, 2.75) is 51.5 Å². The van der Waals surface area contributed by atoms with Gasteiger partial charge >= 0.3 is 6.09 Å². The van der Waals surface area contributed by atoms with Crippen molar-refractivity contribution in [1.82, 2.24) is 5.32 Å². The summed E-state index contributed by atoms with van der Waals surface area (Å²) in [6, 6.07) is -0.484. The molecule has 0 fully saturated rings. The topological polar surface area (TPSA) is 55.4 Å². The smallest absolute Gasteiger partial charge is 0.408 e. The average Bonchev–Trinajstić information content (AvgIpc) is 2.08. The van der Waals surface area contributed by atoms with Crippen molar-refractivity contribution >= 4 is 24.1 Å². The molecule has 1 unspecified atom stereocenters. The number of aldehydes is 1. The van der Waals surface area contributed by atoms with Crippen molar-refractivity contribution in [1.29, 1.82) is 0 Å². The molecule has 16 heavy (non-hydrogen) atoms. The maximum absolute atomic E-state index is 11.4. The lowest BCUT2D eigenvalue weighted by molar-refractivity contribution is -0.109. The Kier molecular flexibility index (Phi) is 6.48. The molecule has 0 aromatic carbocycles. The minimum Gasteiger partial charge on any atom is -0.444 e. The van der Waals surface area contributed by atoms with Crippen molar-refractivity contribution in [3.05, 3.63) is 0 Å². The Balaban J connectivity index is 4.02. The third-order valence-corrected chi connectivity index (χ3v) is 2.69. The summed E-state index contributed by atoms with van der Waals surface area (Å²) in [6.45, 7) is 9.43. The van der Waals surface area contributed by atoms with Gasteiger partial charge in [-0.3, -0.25) is 0 Å². The second-order valence-corrected chi connectivity index (χ2v) is 6.38. The first-order chi connectivity index (χ1) is 7.24. The third-order valence-electron chi connectivity index (χ3n) is 1.48. The van der Waals surface area contributed by atoms with Gasteiger partial charge in [0.1, 0.15) is 11.9 Å². The number of hydrogen-bond acceptors (Lipinski definition) is 4. The van der Waals surface area contributed by atoms with E-state index in [1.54, 1.807) is 32.5 Å². The highest BCUT2D eigenvalue weighted by Crippen LogP contribution is 2.11. The van der Waals surface area contributed by atoms with E-state index in [9.17, 15) is 9.59 Å². The van der Waals surface area contributed by atoms with Crippen molar-refractivity contribution in [3.8, 4) is 0 Å². The van der Waals surface area contributed by atoms with Crippen molar-refractivity contribution in [3.63, 3.8) is 0 Å². The van der Waals surface area contributed by atoms with Crippen LogP contribution in [0, 0.1) is 0 Å². The number of thioether (sulfide) groups is 1. The summed E-state index contributed by atoms with van der Waals surface area (Å²) in [5.74, 6) is 0.570. The minimum absolute atomic E-state index is 0.433. The average molecular weight is 247 g/mol. The van der Waals surface area contributed by atoms with Crippen LogP contribution in [0.4, 0.5) is 4.79 Å². The van der Waals surface area contributed by atoms with E-state index in [0.717, 1.165) is 6.29 Å². The van der Waals surface area contributed by atoms with Gasteiger partial charge in [-0.1, -0.05) is 13.8 Å². The SMILES string of the molecule is CC(C)SCC(C=O)NC(=O)OC(C)(C)C. The maximum Gasteiger partial charge on any atom is 0.408 e. The lowest BCUT2D eigenvalue weighted by atomic mass is 10.2. The fourth-order valence-electron chi connectivity index (χ4n) is 0.870. The summed E-state index contributed by atoms with van der Waals surface area (Å²) in [7, 11) is 0. The molecule has 1 N–H and O–H groups in total. The normalized spacial score (nSPS) is 13.4. The van der Waals surface area contributed by atoms with Crippen molar-refractivity contribution in [2.75, 3.05) is 5.75 Å². The lowest BCUT2D eigenvalue weighted by Crippen LogP contribution is -2.41. The van der Waals surface area contributed by atoms with Crippen molar-refractivity contribution in [2.24, 2.45) is 0 Å². The zero-order chi connectivity index (χ0) is 12.8. The number of amides is 1. The first-order valence-electron chi connectivity index (χ1n) is 5.31.